The Labute approximate surface area is 211 Å². The third-order valence-electron chi connectivity index (χ3n) is 5.43. The van der Waals surface area contributed by atoms with Crippen molar-refractivity contribution in [3.63, 3.8) is 0 Å². The van der Waals surface area contributed by atoms with Crippen molar-refractivity contribution < 1.29 is 9.59 Å². The first kappa shape index (κ1) is 23.8. The number of amides is 2. The predicted octanol–water partition coefficient (Wildman–Crippen LogP) is 5.50. The summed E-state index contributed by atoms with van der Waals surface area (Å²) in [5.74, 6) is -0.640. The van der Waals surface area contributed by atoms with Crippen molar-refractivity contribution in [2.75, 3.05) is 4.90 Å². The zero-order chi connectivity index (χ0) is 24.1. The Balaban J connectivity index is 1.66. The Kier molecular flexibility index (Phi) is 7.51. The normalized spacial score (nSPS) is 16.8. The summed E-state index contributed by atoms with van der Waals surface area (Å²) >= 11 is 4.70. The van der Waals surface area contributed by atoms with Gasteiger partial charge in [0.1, 0.15) is 16.7 Å². The van der Waals surface area contributed by atoms with Gasteiger partial charge in [0.25, 0.3) is 5.91 Å². The van der Waals surface area contributed by atoms with Crippen LogP contribution in [0.3, 0.4) is 0 Å². The molecule has 1 N–H and O–H groups in total. The second kappa shape index (κ2) is 10.7. The van der Waals surface area contributed by atoms with Crippen molar-refractivity contribution in [3.05, 3.63) is 111 Å². The van der Waals surface area contributed by atoms with Crippen molar-refractivity contribution in [2.45, 2.75) is 25.1 Å². The molecule has 1 aliphatic heterocycles. The van der Waals surface area contributed by atoms with Gasteiger partial charge in [-0.25, -0.2) is 0 Å². The SMILES string of the molecule is Cc1ccc(N2C(=O)C(Cc3ccc(Br)cc3)S/C2=C(/C#N)C(=O)NCc2ccccc2)cc1. The molecule has 0 aromatic heterocycles. The molecule has 170 valence electrons. The second-order valence-electron chi connectivity index (χ2n) is 7.91. The largest absolute Gasteiger partial charge is 0.347 e. The highest BCUT2D eigenvalue weighted by atomic mass is 79.9. The molecule has 0 spiro atoms. The van der Waals surface area contributed by atoms with Crippen molar-refractivity contribution in [1.82, 2.24) is 5.32 Å². The summed E-state index contributed by atoms with van der Waals surface area (Å²) in [6.07, 6.45) is 0.493. The zero-order valence-corrected chi connectivity index (χ0v) is 20.9. The number of carbonyl (C=O) groups is 2. The van der Waals surface area contributed by atoms with E-state index in [0.29, 0.717) is 23.7 Å². The average molecular weight is 532 g/mol. The first-order valence-electron chi connectivity index (χ1n) is 10.7. The summed E-state index contributed by atoms with van der Waals surface area (Å²) in [6, 6.07) is 26.8. The minimum absolute atomic E-state index is 0.0619. The molecule has 0 radical (unpaired) electrons. The van der Waals surface area contributed by atoms with Crippen LogP contribution in [0.2, 0.25) is 0 Å². The number of aryl methyl sites for hydroxylation is 1. The topological polar surface area (TPSA) is 73.2 Å². The van der Waals surface area contributed by atoms with Crippen LogP contribution in [0.1, 0.15) is 16.7 Å². The average Bonchev–Trinajstić information content (AvgIpc) is 3.16. The van der Waals surface area contributed by atoms with E-state index in [1.54, 1.807) is 0 Å². The minimum atomic E-state index is -0.497. The van der Waals surface area contributed by atoms with Gasteiger partial charge in [-0.3, -0.25) is 14.5 Å². The number of thioether (sulfide) groups is 1. The van der Waals surface area contributed by atoms with Crippen LogP contribution in [0.4, 0.5) is 5.69 Å². The fourth-order valence-electron chi connectivity index (χ4n) is 3.62. The van der Waals surface area contributed by atoms with Crippen molar-refractivity contribution in [2.24, 2.45) is 0 Å². The van der Waals surface area contributed by atoms with Gasteiger partial charge in [-0.05, 0) is 48.7 Å². The van der Waals surface area contributed by atoms with Gasteiger partial charge in [0.05, 0.1) is 5.25 Å². The van der Waals surface area contributed by atoms with Gasteiger partial charge in [-0.1, -0.05) is 87.9 Å². The maximum Gasteiger partial charge on any atom is 0.264 e. The Bertz CT molecular complexity index is 1270. The molecule has 0 bridgehead atoms. The molecule has 34 heavy (non-hydrogen) atoms. The van der Waals surface area contributed by atoms with Crippen LogP contribution in [-0.4, -0.2) is 17.1 Å². The molecule has 0 saturated carbocycles. The molecular weight excluding hydrogens is 510 g/mol. The number of anilines is 1. The van der Waals surface area contributed by atoms with Gasteiger partial charge in [0.2, 0.25) is 5.91 Å². The highest BCUT2D eigenvalue weighted by Gasteiger charge is 2.40. The lowest BCUT2D eigenvalue weighted by atomic mass is 10.1. The standard InChI is InChI=1S/C27H22BrN3O2S/c1-18-7-13-22(14-8-18)31-26(33)24(15-19-9-11-21(28)12-10-19)34-27(31)23(16-29)25(32)30-17-20-5-3-2-4-6-20/h2-14,24H,15,17H2,1H3,(H,30,32)/b27-23-. The van der Waals surface area contributed by atoms with Crippen LogP contribution in [-0.2, 0) is 22.6 Å². The van der Waals surface area contributed by atoms with Crippen molar-refractivity contribution in [1.29, 1.82) is 5.26 Å². The van der Waals surface area contributed by atoms with E-state index < -0.39 is 11.2 Å². The van der Waals surface area contributed by atoms with Gasteiger partial charge in [-0.2, -0.15) is 5.26 Å². The van der Waals surface area contributed by atoms with Crippen LogP contribution in [0, 0.1) is 18.3 Å². The number of carbonyl (C=O) groups excluding carboxylic acids is 2. The maximum absolute atomic E-state index is 13.5. The number of nitrogens with zero attached hydrogens (tertiary/aromatic N) is 2. The number of benzene rings is 3. The highest BCUT2D eigenvalue weighted by molar-refractivity contribution is 9.10. The van der Waals surface area contributed by atoms with Crippen LogP contribution < -0.4 is 10.2 Å². The summed E-state index contributed by atoms with van der Waals surface area (Å²) in [5, 5.41) is 12.7. The van der Waals surface area contributed by atoms with E-state index in [0.717, 1.165) is 21.2 Å². The van der Waals surface area contributed by atoms with Crippen LogP contribution >= 0.6 is 27.7 Å². The van der Waals surface area contributed by atoms with Gasteiger partial charge in [-0.15, -0.1) is 0 Å². The smallest absolute Gasteiger partial charge is 0.264 e. The molecule has 1 saturated heterocycles. The maximum atomic E-state index is 13.5. The van der Waals surface area contributed by atoms with E-state index >= 15 is 0 Å². The van der Waals surface area contributed by atoms with E-state index in [1.165, 1.54) is 16.7 Å². The number of hydrogen-bond donors (Lipinski definition) is 1. The molecule has 2 amide bonds. The van der Waals surface area contributed by atoms with Gasteiger partial charge < -0.3 is 5.32 Å². The molecule has 5 nitrogen and oxygen atoms in total. The monoisotopic (exact) mass is 531 g/mol. The Hall–Kier alpha value is -3.34. The van der Waals surface area contributed by atoms with Crippen LogP contribution in [0.15, 0.2) is 93.9 Å². The third-order valence-corrected chi connectivity index (χ3v) is 7.22. The first-order valence-corrected chi connectivity index (χ1v) is 12.4. The van der Waals surface area contributed by atoms with Gasteiger partial charge in [0.15, 0.2) is 0 Å². The number of rotatable bonds is 6. The van der Waals surface area contributed by atoms with Crippen molar-refractivity contribution in [3.8, 4) is 6.07 Å². The minimum Gasteiger partial charge on any atom is -0.347 e. The van der Waals surface area contributed by atoms with E-state index in [-0.39, 0.29) is 11.5 Å². The molecule has 0 aliphatic carbocycles. The molecule has 1 aliphatic rings. The second-order valence-corrected chi connectivity index (χ2v) is 10.0. The molecule has 4 rings (SSSR count). The summed E-state index contributed by atoms with van der Waals surface area (Å²) in [6.45, 7) is 2.26. The van der Waals surface area contributed by atoms with Gasteiger partial charge >= 0.3 is 0 Å². The predicted molar refractivity (Wildman–Crippen MR) is 139 cm³/mol. The quantitative estimate of drug-likeness (QED) is 0.336. The van der Waals surface area contributed by atoms with Crippen LogP contribution in [0.5, 0.6) is 0 Å². The molecule has 1 heterocycles. The summed E-state index contributed by atoms with van der Waals surface area (Å²) in [5.41, 5.74) is 3.57. The Morgan fingerprint density at radius 3 is 2.35 bits per heavy atom. The highest BCUT2D eigenvalue weighted by Crippen LogP contribution is 2.42. The summed E-state index contributed by atoms with van der Waals surface area (Å²) < 4.78 is 0.963. The zero-order valence-electron chi connectivity index (χ0n) is 18.5. The number of halogens is 1. The number of nitrogens with one attached hydrogen (secondary N) is 1. The molecule has 7 heteroatoms. The molecule has 1 fully saturated rings. The van der Waals surface area contributed by atoms with Crippen LogP contribution in [0.25, 0.3) is 0 Å². The number of hydrogen-bond acceptors (Lipinski definition) is 4. The molecule has 1 atom stereocenters. The van der Waals surface area contributed by atoms with Gasteiger partial charge in [0, 0.05) is 16.7 Å². The summed E-state index contributed by atoms with van der Waals surface area (Å²) in [7, 11) is 0. The van der Waals surface area contributed by atoms with E-state index in [1.807, 2.05) is 85.8 Å². The number of nitriles is 1. The third kappa shape index (κ3) is 5.41. The fraction of sp³-hybridized carbons (Fsp3) is 0.148. The lowest BCUT2D eigenvalue weighted by Crippen LogP contribution is -2.32. The van der Waals surface area contributed by atoms with Crippen molar-refractivity contribution >= 4 is 45.2 Å². The van der Waals surface area contributed by atoms with E-state index in [9.17, 15) is 14.9 Å². The van der Waals surface area contributed by atoms with E-state index in [4.69, 9.17) is 0 Å². The Morgan fingerprint density at radius 2 is 1.71 bits per heavy atom. The molecule has 3 aromatic rings. The fourth-order valence-corrected chi connectivity index (χ4v) is 5.19. The lowest BCUT2D eigenvalue weighted by Gasteiger charge is -2.19. The molecule has 1 unspecified atom stereocenters. The van der Waals surface area contributed by atoms with E-state index in [2.05, 4.69) is 27.3 Å². The molecular formula is C27H22BrN3O2S. The lowest BCUT2D eigenvalue weighted by molar-refractivity contribution is -0.117. The Morgan fingerprint density at radius 1 is 1.03 bits per heavy atom. The first-order chi connectivity index (χ1) is 16.5. The molecule has 3 aromatic carbocycles. The summed E-state index contributed by atoms with van der Waals surface area (Å²) in [4.78, 5) is 28.1.